The van der Waals surface area contributed by atoms with Crippen molar-refractivity contribution in [3.8, 4) is 11.3 Å². The first-order valence-electron chi connectivity index (χ1n) is 10.1. The Morgan fingerprint density at radius 1 is 1.03 bits per heavy atom. The number of H-pyrrole nitrogens is 1. The van der Waals surface area contributed by atoms with Crippen LogP contribution in [0.15, 0.2) is 54.6 Å². The Morgan fingerprint density at radius 2 is 1.74 bits per heavy atom. The molecule has 3 nitrogen and oxygen atoms in total. The number of aromatic nitrogens is 2. The molecule has 31 heavy (non-hydrogen) atoms. The number of halogens is 5. The van der Waals surface area contributed by atoms with Crippen LogP contribution in [0.3, 0.4) is 0 Å². The molecule has 1 aliphatic rings. The van der Waals surface area contributed by atoms with Gasteiger partial charge in [-0.15, -0.1) is 0 Å². The largest absolute Gasteiger partial charge is 0.390 e. The minimum Gasteiger partial charge on any atom is -0.302 e. The molecule has 1 aromatic heterocycles. The van der Waals surface area contributed by atoms with Gasteiger partial charge in [0.25, 0.3) is 0 Å². The summed E-state index contributed by atoms with van der Waals surface area (Å²) in [6.07, 6.45) is -4.35. The smallest absolute Gasteiger partial charge is 0.302 e. The van der Waals surface area contributed by atoms with Crippen molar-refractivity contribution in [1.82, 2.24) is 15.1 Å². The van der Waals surface area contributed by atoms with E-state index in [9.17, 15) is 17.6 Å². The van der Waals surface area contributed by atoms with Gasteiger partial charge in [-0.1, -0.05) is 35.9 Å². The molecule has 2 aromatic carbocycles. The lowest BCUT2D eigenvalue weighted by Gasteiger charge is -2.38. The number of aromatic amines is 1. The summed E-state index contributed by atoms with van der Waals surface area (Å²) in [5.74, 6) is -0.399. The van der Waals surface area contributed by atoms with Crippen molar-refractivity contribution in [3.05, 3.63) is 76.7 Å². The first-order chi connectivity index (χ1) is 14.8. The number of hydrogen-bond acceptors (Lipinski definition) is 2. The van der Waals surface area contributed by atoms with Gasteiger partial charge in [-0.05, 0) is 54.4 Å². The molecule has 0 aliphatic carbocycles. The van der Waals surface area contributed by atoms with Crippen LogP contribution in [0.25, 0.3) is 11.3 Å². The van der Waals surface area contributed by atoms with E-state index in [2.05, 4.69) is 10.2 Å². The number of hydrogen-bond donors (Lipinski definition) is 1. The van der Waals surface area contributed by atoms with Crippen molar-refractivity contribution in [2.45, 2.75) is 30.9 Å². The van der Waals surface area contributed by atoms with E-state index in [4.69, 9.17) is 11.6 Å². The minimum absolute atomic E-state index is 0.0184. The fraction of sp³-hybridized carbons (Fsp3) is 0.348. The quantitative estimate of drug-likeness (QED) is 0.455. The number of piperidine rings is 1. The zero-order chi connectivity index (χ0) is 22.0. The second kappa shape index (κ2) is 9.01. The molecule has 3 aromatic rings. The van der Waals surface area contributed by atoms with Crippen molar-refractivity contribution in [3.63, 3.8) is 0 Å². The Bertz CT molecular complexity index is 999. The van der Waals surface area contributed by atoms with E-state index in [1.165, 1.54) is 12.1 Å². The lowest BCUT2D eigenvalue weighted by atomic mass is 9.78. The van der Waals surface area contributed by atoms with Crippen molar-refractivity contribution in [2.75, 3.05) is 19.6 Å². The van der Waals surface area contributed by atoms with E-state index in [0.29, 0.717) is 24.5 Å². The molecule has 1 saturated heterocycles. The summed E-state index contributed by atoms with van der Waals surface area (Å²) >= 11 is 5.96. The van der Waals surface area contributed by atoms with Gasteiger partial charge in [0.05, 0.1) is 17.8 Å². The summed E-state index contributed by atoms with van der Waals surface area (Å²) < 4.78 is 51.6. The van der Waals surface area contributed by atoms with Crippen LogP contribution in [0, 0.1) is 5.82 Å². The van der Waals surface area contributed by atoms with E-state index >= 15 is 0 Å². The molecule has 0 spiro atoms. The zero-order valence-corrected chi connectivity index (χ0v) is 17.4. The third kappa shape index (κ3) is 5.46. The number of rotatable bonds is 5. The third-order valence-corrected chi connectivity index (χ3v) is 6.09. The van der Waals surface area contributed by atoms with Crippen molar-refractivity contribution >= 4 is 11.6 Å². The molecule has 1 aliphatic heterocycles. The van der Waals surface area contributed by atoms with Gasteiger partial charge < -0.3 is 4.90 Å². The average Bonchev–Trinajstić information content (AvgIpc) is 3.23. The highest BCUT2D eigenvalue weighted by Crippen LogP contribution is 2.40. The van der Waals surface area contributed by atoms with E-state index in [0.717, 1.165) is 22.5 Å². The van der Waals surface area contributed by atoms with Crippen LogP contribution in [0.2, 0.25) is 5.02 Å². The van der Waals surface area contributed by atoms with Crippen LogP contribution in [-0.2, 0) is 0 Å². The van der Waals surface area contributed by atoms with E-state index < -0.39 is 12.6 Å². The lowest BCUT2D eigenvalue weighted by Crippen LogP contribution is -2.40. The number of benzene rings is 2. The van der Waals surface area contributed by atoms with Gasteiger partial charge in [0.1, 0.15) is 5.82 Å². The highest BCUT2D eigenvalue weighted by molar-refractivity contribution is 6.30. The van der Waals surface area contributed by atoms with Crippen molar-refractivity contribution in [1.29, 1.82) is 0 Å². The minimum atomic E-state index is -4.18. The van der Waals surface area contributed by atoms with Gasteiger partial charge in [0.15, 0.2) is 0 Å². The Hall–Kier alpha value is -2.38. The maximum absolute atomic E-state index is 13.5. The average molecular weight is 452 g/mol. The molecule has 2 atom stereocenters. The van der Waals surface area contributed by atoms with Gasteiger partial charge in [0, 0.05) is 29.9 Å². The van der Waals surface area contributed by atoms with Crippen LogP contribution in [0.4, 0.5) is 17.6 Å². The predicted molar refractivity (Wildman–Crippen MR) is 113 cm³/mol. The lowest BCUT2D eigenvalue weighted by molar-refractivity contribution is -0.138. The Balaban J connectivity index is 1.58. The van der Waals surface area contributed by atoms with Gasteiger partial charge in [0.2, 0.25) is 0 Å². The molecule has 1 fully saturated rings. The first-order valence-corrected chi connectivity index (χ1v) is 10.5. The normalized spacial score (nSPS) is 20.2. The number of alkyl halides is 3. The van der Waals surface area contributed by atoms with Gasteiger partial charge in [-0.2, -0.15) is 18.3 Å². The summed E-state index contributed by atoms with van der Waals surface area (Å²) in [6.45, 7) is 0.988. The van der Waals surface area contributed by atoms with Crippen molar-refractivity contribution in [2.24, 2.45) is 0 Å². The van der Waals surface area contributed by atoms with E-state index in [1.807, 2.05) is 23.1 Å². The molecule has 0 bridgehead atoms. The maximum Gasteiger partial charge on any atom is 0.390 e. The Labute approximate surface area is 183 Å². The number of nitrogens with one attached hydrogen (secondary N) is 1. The monoisotopic (exact) mass is 451 g/mol. The Kier molecular flexibility index (Phi) is 6.34. The molecule has 4 rings (SSSR count). The van der Waals surface area contributed by atoms with Gasteiger partial charge in [-0.25, -0.2) is 4.39 Å². The molecule has 1 N–H and O–H groups in total. The second-order valence-corrected chi connectivity index (χ2v) is 8.37. The second-order valence-electron chi connectivity index (χ2n) is 7.93. The first kappa shape index (κ1) is 21.8. The van der Waals surface area contributed by atoms with Crippen LogP contribution in [0.1, 0.15) is 35.9 Å². The molecular weight excluding hydrogens is 430 g/mol. The predicted octanol–water partition coefficient (Wildman–Crippen LogP) is 6.39. The number of nitrogens with zero attached hydrogens (tertiary/aromatic N) is 2. The molecular formula is C23H22ClF4N3. The zero-order valence-electron chi connectivity index (χ0n) is 16.7. The summed E-state index contributed by atoms with van der Waals surface area (Å²) in [6, 6.07) is 15.6. The van der Waals surface area contributed by atoms with Gasteiger partial charge in [-0.3, -0.25) is 5.10 Å². The maximum atomic E-state index is 13.5. The fourth-order valence-corrected chi connectivity index (χ4v) is 4.34. The molecule has 0 amide bonds. The molecule has 2 heterocycles. The summed E-state index contributed by atoms with van der Waals surface area (Å²) in [4.78, 5) is 1.84. The molecule has 8 heteroatoms. The van der Waals surface area contributed by atoms with Crippen LogP contribution < -0.4 is 0 Å². The summed E-state index contributed by atoms with van der Waals surface area (Å²) in [5.41, 5.74) is 3.56. The molecule has 0 unspecified atom stereocenters. The highest BCUT2D eigenvalue weighted by Gasteiger charge is 2.35. The third-order valence-electron chi connectivity index (χ3n) is 5.84. The number of likely N-dealkylation sites (tertiary alicyclic amines) is 1. The van der Waals surface area contributed by atoms with E-state index in [1.54, 1.807) is 24.3 Å². The Morgan fingerprint density at radius 3 is 2.42 bits per heavy atom. The topological polar surface area (TPSA) is 31.9 Å². The summed E-state index contributed by atoms with van der Waals surface area (Å²) in [5, 5.41) is 8.22. The molecule has 0 saturated carbocycles. The molecule has 0 radical (unpaired) electrons. The highest BCUT2D eigenvalue weighted by atomic mass is 35.5. The van der Waals surface area contributed by atoms with Crippen LogP contribution >= 0.6 is 11.6 Å². The molecule has 164 valence electrons. The van der Waals surface area contributed by atoms with Crippen LogP contribution in [-0.4, -0.2) is 40.9 Å². The van der Waals surface area contributed by atoms with Crippen molar-refractivity contribution < 1.29 is 17.6 Å². The van der Waals surface area contributed by atoms with Crippen LogP contribution in [0.5, 0.6) is 0 Å². The summed E-state index contributed by atoms with van der Waals surface area (Å²) in [7, 11) is 0. The standard InChI is InChI=1S/C23H22ClF4N3/c24-17-5-1-16(2-6-17)21-13-22(30-29-21)19-9-11-31(12-10-23(26,27)28)14-20(19)15-3-7-18(25)8-4-15/h1-8,13,19-20H,9-12,14H2,(H,29,30)/t19-,20+/m1/s1. The SMILES string of the molecule is Fc1ccc([C@@H]2CN(CCC(F)(F)F)CC[C@H]2c2cc(-c3ccc(Cl)cc3)[nH]n2)cc1. The van der Waals surface area contributed by atoms with Gasteiger partial charge >= 0.3 is 6.18 Å². The fourth-order valence-electron chi connectivity index (χ4n) is 4.21. The van der Waals surface area contributed by atoms with E-state index in [-0.39, 0.29) is 24.2 Å².